The molecule has 0 bridgehead atoms. The Morgan fingerprint density at radius 2 is 2.04 bits per heavy atom. The van der Waals surface area contributed by atoms with Crippen molar-refractivity contribution in [2.75, 3.05) is 5.32 Å². The average molecular weight is 406 g/mol. The number of hydrogen-bond acceptors (Lipinski definition) is 4. The van der Waals surface area contributed by atoms with Gasteiger partial charge in [0.1, 0.15) is 0 Å². The van der Waals surface area contributed by atoms with Crippen LogP contribution >= 0.6 is 35.0 Å². The number of rotatable bonds is 4. The van der Waals surface area contributed by atoms with Crippen molar-refractivity contribution < 1.29 is 4.79 Å². The van der Waals surface area contributed by atoms with E-state index in [1.165, 1.54) is 11.8 Å². The molecule has 2 aromatic heterocycles. The van der Waals surface area contributed by atoms with E-state index in [2.05, 4.69) is 20.5 Å². The maximum atomic E-state index is 12.5. The Balaban J connectivity index is 1.58. The fourth-order valence-corrected chi connectivity index (χ4v) is 3.79. The molecule has 0 unspecified atom stereocenters. The first kappa shape index (κ1) is 17.2. The van der Waals surface area contributed by atoms with Gasteiger partial charge in [-0.3, -0.25) is 9.20 Å². The summed E-state index contributed by atoms with van der Waals surface area (Å²) in [4.78, 5) is 17.0. The molecule has 4 rings (SSSR count). The molecule has 0 aliphatic heterocycles. The van der Waals surface area contributed by atoms with E-state index in [9.17, 15) is 4.79 Å². The standard InChI is InChI=1S/C17H13Cl2N5OS/c1-9(15(25)20-12-7-4-5-10(18)14(12)19)26-17-23-22-16-21-11-6-2-3-8-13(11)24(16)17/h2-9H,1H3,(H,20,25)(H,21,22)/t9-/m0/s1. The molecular weight excluding hydrogens is 393 g/mol. The summed E-state index contributed by atoms with van der Waals surface area (Å²) in [6.07, 6.45) is 0. The summed E-state index contributed by atoms with van der Waals surface area (Å²) in [6.45, 7) is 1.80. The van der Waals surface area contributed by atoms with Crippen molar-refractivity contribution in [3.63, 3.8) is 0 Å². The van der Waals surface area contributed by atoms with Gasteiger partial charge in [-0.15, -0.1) is 5.10 Å². The van der Waals surface area contributed by atoms with Crippen LogP contribution in [-0.2, 0) is 4.79 Å². The van der Waals surface area contributed by atoms with Crippen molar-refractivity contribution in [1.29, 1.82) is 0 Å². The number of fused-ring (bicyclic) bond motifs is 3. The molecule has 26 heavy (non-hydrogen) atoms. The molecule has 2 heterocycles. The predicted octanol–water partition coefficient (Wildman–Crippen LogP) is 4.64. The topological polar surface area (TPSA) is 75.1 Å². The molecule has 0 fully saturated rings. The normalized spacial score (nSPS) is 12.6. The minimum atomic E-state index is -0.405. The Kier molecular flexibility index (Phi) is 4.52. The monoisotopic (exact) mass is 405 g/mol. The number of thioether (sulfide) groups is 1. The molecule has 132 valence electrons. The van der Waals surface area contributed by atoms with Gasteiger partial charge in [-0.2, -0.15) is 0 Å². The Morgan fingerprint density at radius 1 is 1.23 bits per heavy atom. The number of para-hydroxylation sites is 2. The van der Waals surface area contributed by atoms with Gasteiger partial charge in [0, 0.05) is 0 Å². The fourth-order valence-electron chi connectivity index (χ4n) is 2.57. The molecule has 1 amide bonds. The van der Waals surface area contributed by atoms with Crippen LogP contribution in [0.5, 0.6) is 0 Å². The number of benzene rings is 2. The van der Waals surface area contributed by atoms with E-state index in [4.69, 9.17) is 23.2 Å². The lowest BCUT2D eigenvalue weighted by Gasteiger charge is -2.12. The number of halogens is 2. The molecule has 9 heteroatoms. The molecule has 2 N–H and O–H groups in total. The van der Waals surface area contributed by atoms with E-state index in [0.717, 1.165) is 11.0 Å². The lowest BCUT2D eigenvalue weighted by molar-refractivity contribution is -0.115. The maximum absolute atomic E-state index is 12.5. The summed E-state index contributed by atoms with van der Waals surface area (Å²) in [7, 11) is 0. The Labute approximate surface area is 162 Å². The molecule has 0 aliphatic carbocycles. The van der Waals surface area contributed by atoms with Gasteiger partial charge in [0.15, 0.2) is 5.16 Å². The summed E-state index contributed by atoms with van der Waals surface area (Å²) in [6, 6.07) is 12.9. The van der Waals surface area contributed by atoms with Crippen molar-refractivity contribution >= 4 is 63.4 Å². The number of nitrogens with one attached hydrogen (secondary N) is 2. The molecule has 0 radical (unpaired) electrons. The number of aromatic amines is 1. The first-order valence-electron chi connectivity index (χ1n) is 7.77. The molecule has 0 saturated carbocycles. The highest BCUT2D eigenvalue weighted by Crippen LogP contribution is 2.31. The minimum absolute atomic E-state index is 0.195. The number of hydrogen-bond donors (Lipinski definition) is 2. The van der Waals surface area contributed by atoms with Crippen LogP contribution in [0.2, 0.25) is 10.0 Å². The second-order valence-corrected chi connectivity index (χ2v) is 7.71. The lowest BCUT2D eigenvalue weighted by Crippen LogP contribution is -2.22. The summed E-state index contributed by atoms with van der Waals surface area (Å²) in [5.41, 5.74) is 2.28. The number of amides is 1. The van der Waals surface area contributed by atoms with Gasteiger partial charge in [-0.25, -0.2) is 10.1 Å². The minimum Gasteiger partial charge on any atom is -0.324 e. The molecule has 0 spiro atoms. The third-order valence-corrected chi connectivity index (χ3v) is 5.74. The van der Waals surface area contributed by atoms with Gasteiger partial charge in [0.25, 0.3) is 0 Å². The van der Waals surface area contributed by atoms with Gasteiger partial charge in [-0.05, 0) is 31.2 Å². The van der Waals surface area contributed by atoms with E-state index in [0.29, 0.717) is 26.7 Å². The number of carbonyl (C=O) groups excluding carboxylic acids is 1. The second kappa shape index (κ2) is 6.83. The first-order chi connectivity index (χ1) is 12.5. The summed E-state index contributed by atoms with van der Waals surface area (Å²) >= 11 is 13.4. The van der Waals surface area contributed by atoms with Gasteiger partial charge in [-0.1, -0.05) is 53.2 Å². The Hall–Kier alpha value is -2.22. The van der Waals surface area contributed by atoms with Gasteiger partial charge in [0.2, 0.25) is 11.7 Å². The van der Waals surface area contributed by atoms with Crippen LogP contribution in [0.3, 0.4) is 0 Å². The smallest absolute Gasteiger partial charge is 0.237 e. The van der Waals surface area contributed by atoms with Gasteiger partial charge >= 0.3 is 0 Å². The number of carbonyl (C=O) groups is 1. The van der Waals surface area contributed by atoms with E-state index >= 15 is 0 Å². The fraction of sp³-hybridized carbons (Fsp3) is 0.118. The SMILES string of the molecule is C[C@H](Sc1n[nH]c2nc3ccccc3n12)C(=O)Nc1cccc(Cl)c1Cl. The van der Waals surface area contributed by atoms with Crippen LogP contribution in [-0.4, -0.2) is 30.7 Å². The van der Waals surface area contributed by atoms with Crippen molar-refractivity contribution in [1.82, 2.24) is 19.6 Å². The van der Waals surface area contributed by atoms with Gasteiger partial charge in [0.05, 0.1) is 32.0 Å². The van der Waals surface area contributed by atoms with Crippen molar-refractivity contribution in [3.05, 3.63) is 52.5 Å². The Morgan fingerprint density at radius 3 is 2.88 bits per heavy atom. The zero-order valence-electron chi connectivity index (χ0n) is 13.5. The van der Waals surface area contributed by atoms with Crippen LogP contribution in [0.15, 0.2) is 47.6 Å². The third kappa shape index (κ3) is 3.02. The van der Waals surface area contributed by atoms with Crippen LogP contribution < -0.4 is 5.32 Å². The highest BCUT2D eigenvalue weighted by molar-refractivity contribution is 8.00. The van der Waals surface area contributed by atoms with Crippen LogP contribution in [0, 0.1) is 0 Å². The zero-order valence-corrected chi connectivity index (χ0v) is 15.9. The Bertz CT molecular complexity index is 1120. The lowest BCUT2D eigenvalue weighted by atomic mass is 10.3. The number of nitrogens with zero attached hydrogens (tertiary/aromatic N) is 3. The molecule has 0 aliphatic rings. The maximum Gasteiger partial charge on any atom is 0.237 e. The quantitative estimate of drug-likeness (QED) is 0.485. The average Bonchev–Trinajstić information content (AvgIpc) is 3.18. The summed E-state index contributed by atoms with van der Waals surface area (Å²) in [5, 5.41) is 10.9. The largest absolute Gasteiger partial charge is 0.324 e. The highest BCUT2D eigenvalue weighted by atomic mass is 35.5. The molecule has 6 nitrogen and oxygen atoms in total. The molecular formula is C17H13Cl2N5OS. The number of imidazole rings is 1. The molecule has 1 atom stereocenters. The highest BCUT2D eigenvalue weighted by Gasteiger charge is 2.20. The number of aromatic nitrogens is 4. The van der Waals surface area contributed by atoms with Crippen LogP contribution in [0.1, 0.15) is 6.92 Å². The van der Waals surface area contributed by atoms with E-state index < -0.39 is 5.25 Å². The van der Waals surface area contributed by atoms with Crippen molar-refractivity contribution in [2.24, 2.45) is 0 Å². The van der Waals surface area contributed by atoms with E-state index in [-0.39, 0.29) is 5.91 Å². The van der Waals surface area contributed by atoms with Crippen LogP contribution in [0.25, 0.3) is 16.8 Å². The first-order valence-corrected chi connectivity index (χ1v) is 9.41. The number of H-pyrrole nitrogens is 1. The summed E-state index contributed by atoms with van der Waals surface area (Å²) < 4.78 is 1.90. The van der Waals surface area contributed by atoms with Crippen LogP contribution in [0.4, 0.5) is 5.69 Å². The van der Waals surface area contributed by atoms with Crippen molar-refractivity contribution in [2.45, 2.75) is 17.3 Å². The van der Waals surface area contributed by atoms with E-state index in [1.54, 1.807) is 25.1 Å². The third-order valence-electron chi connectivity index (χ3n) is 3.86. The van der Waals surface area contributed by atoms with E-state index in [1.807, 2.05) is 28.7 Å². The molecule has 0 saturated heterocycles. The predicted molar refractivity (Wildman–Crippen MR) is 105 cm³/mol. The molecule has 4 aromatic rings. The summed E-state index contributed by atoms with van der Waals surface area (Å²) in [5.74, 6) is 0.443. The van der Waals surface area contributed by atoms with Crippen molar-refractivity contribution in [3.8, 4) is 0 Å². The second-order valence-electron chi connectivity index (χ2n) is 5.62. The zero-order chi connectivity index (χ0) is 18.3. The molecule has 2 aromatic carbocycles. The number of anilines is 1. The van der Waals surface area contributed by atoms with Gasteiger partial charge < -0.3 is 5.32 Å².